The van der Waals surface area contributed by atoms with Crippen molar-refractivity contribution in [1.29, 1.82) is 0 Å². The zero-order chi connectivity index (χ0) is 14.9. The second kappa shape index (κ2) is 6.13. The Labute approximate surface area is 125 Å². The summed E-state index contributed by atoms with van der Waals surface area (Å²) in [6.45, 7) is 8.41. The summed E-state index contributed by atoms with van der Waals surface area (Å²) in [5.41, 5.74) is 2.33. The molecule has 0 amide bonds. The molecule has 1 heterocycles. The number of aryl methyl sites for hydroxylation is 1. The van der Waals surface area contributed by atoms with Crippen molar-refractivity contribution >= 4 is 22.6 Å². The van der Waals surface area contributed by atoms with Gasteiger partial charge in [0.15, 0.2) is 0 Å². The van der Waals surface area contributed by atoms with Gasteiger partial charge in [-0.3, -0.25) is 0 Å². The van der Waals surface area contributed by atoms with E-state index < -0.39 is 0 Å². The van der Waals surface area contributed by atoms with Crippen molar-refractivity contribution in [2.45, 2.75) is 52.5 Å². The molecule has 1 aromatic carbocycles. The fourth-order valence-electron chi connectivity index (χ4n) is 2.56. The van der Waals surface area contributed by atoms with Crippen LogP contribution in [0.2, 0.25) is 0 Å². The van der Waals surface area contributed by atoms with E-state index in [1.807, 2.05) is 6.07 Å². The number of alkyl halides is 1. The molecule has 0 spiro atoms. The average Bonchev–Trinajstić information content (AvgIpc) is 2.74. The van der Waals surface area contributed by atoms with Crippen molar-refractivity contribution in [3.8, 4) is 0 Å². The van der Waals surface area contributed by atoms with E-state index in [2.05, 4.69) is 30.3 Å². The van der Waals surface area contributed by atoms with Gasteiger partial charge in [0.1, 0.15) is 11.6 Å². The lowest BCUT2D eigenvalue weighted by Gasteiger charge is -2.18. The molecule has 2 rings (SSSR count). The van der Waals surface area contributed by atoms with Gasteiger partial charge >= 0.3 is 0 Å². The van der Waals surface area contributed by atoms with Gasteiger partial charge < -0.3 is 4.57 Å². The van der Waals surface area contributed by atoms with Crippen LogP contribution in [0.25, 0.3) is 11.0 Å². The summed E-state index contributed by atoms with van der Waals surface area (Å²) in [6.07, 6.45) is 2.23. The van der Waals surface area contributed by atoms with Crippen molar-refractivity contribution < 1.29 is 4.39 Å². The Morgan fingerprint density at radius 1 is 1.25 bits per heavy atom. The van der Waals surface area contributed by atoms with Crippen LogP contribution in [0.4, 0.5) is 4.39 Å². The highest BCUT2D eigenvalue weighted by molar-refractivity contribution is 6.16. The number of hydrogen-bond donors (Lipinski definition) is 0. The quantitative estimate of drug-likeness (QED) is 0.692. The third-order valence-corrected chi connectivity index (χ3v) is 4.00. The third kappa shape index (κ3) is 2.98. The Bertz CT molecular complexity index is 604. The van der Waals surface area contributed by atoms with Gasteiger partial charge in [-0.05, 0) is 44.2 Å². The monoisotopic (exact) mass is 296 g/mol. The van der Waals surface area contributed by atoms with Gasteiger partial charge in [0.2, 0.25) is 0 Å². The largest absolute Gasteiger partial charge is 0.324 e. The van der Waals surface area contributed by atoms with Gasteiger partial charge in [-0.1, -0.05) is 13.8 Å². The zero-order valence-corrected chi connectivity index (χ0v) is 13.3. The van der Waals surface area contributed by atoms with Crippen LogP contribution < -0.4 is 0 Å². The highest BCUT2D eigenvalue weighted by atomic mass is 35.5. The number of hydrogen-bond acceptors (Lipinski definition) is 1. The molecule has 0 aliphatic carbocycles. The van der Waals surface area contributed by atoms with E-state index in [0.717, 1.165) is 24.2 Å². The zero-order valence-electron chi connectivity index (χ0n) is 12.6. The fraction of sp³-hybridized carbons (Fsp3) is 0.562. The maximum Gasteiger partial charge on any atom is 0.128 e. The molecule has 0 N–H and O–H groups in total. The molecule has 0 bridgehead atoms. The maximum atomic E-state index is 13.7. The van der Waals surface area contributed by atoms with Crippen LogP contribution in [0, 0.1) is 18.7 Å². The number of benzene rings is 1. The van der Waals surface area contributed by atoms with E-state index in [4.69, 9.17) is 11.6 Å². The third-order valence-electron chi connectivity index (χ3n) is 3.77. The predicted octanol–water partition coefficient (Wildman–Crippen LogP) is 5.22. The first kappa shape index (κ1) is 15.3. The molecule has 0 fully saturated rings. The number of rotatable bonds is 5. The molecule has 0 radical (unpaired) electrons. The average molecular weight is 297 g/mol. The van der Waals surface area contributed by atoms with Crippen LogP contribution >= 0.6 is 11.6 Å². The summed E-state index contributed by atoms with van der Waals surface area (Å²) in [4.78, 5) is 4.47. The topological polar surface area (TPSA) is 17.8 Å². The summed E-state index contributed by atoms with van der Waals surface area (Å²) in [5.74, 6) is 1.63. The highest BCUT2D eigenvalue weighted by Gasteiger charge is 2.17. The van der Waals surface area contributed by atoms with E-state index in [0.29, 0.717) is 28.9 Å². The Balaban J connectivity index is 2.46. The molecule has 1 unspecified atom stereocenters. The predicted molar refractivity (Wildman–Crippen MR) is 82.8 cm³/mol. The van der Waals surface area contributed by atoms with Gasteiger partial charge in [0.25, 0.3) is 0 Å². The lowest BCUT2D eigenvalue weighted by Crippen LogP contribution is -2.09. The minimum atomic E-state index is -0.210. The van der Waals surface area contributed by atoms with Crippen molar-refractivity contribution in [3.05, 3.63) is 29.3 Å². The van der Waals surface area contributed by atoms with Crippen molar-refractivity contribution in [1.82, 2.24) is 9.55 Å². The molecule has 1 atom stereocenters. The van der Waals surface area contributed by atoms with E-state index in [1.165, 1.54) is 6.07 Å². The SMILES string of the molecule is Cc1cc2c(cc1F)nc(CCl)n2C(C)CCC(C)C. The van der Waals surface area contributed by atoms with Crippen LogP contribution in [-0.2, 0) is 5.88 Å². The standard InChI is InChI=1S/C16H22ClFN2/c1-10(2)5-6-12(4)20-15-7-11(3)13(18)8-14(15)19-16(20)9-17/h7-8,10,12H,5-6,9H2,1-4H3. The Morgan fingerprint density at radius 2 is 1.95 bits per heavy atom. The molecule has 0 aliphatic rings. The smallest absolute Gasteiger partial charge is 0.128 e. The molecule has 0 aliphatic heterocycles. The first-order valence-corrected chi connectivity index (χ1v) is 7.70. The van der Waals surface area contributed by atoms with Crippen LogP contribution in [0.15, 0.2) is 12.1 Å². The number of nitrogens with zero attached hydrogens (tertiary/aromatic N) is 2. The van der Waals surface area contributed by atoms with Gasteiger partial charge in [0, 0.05) is 12.1 Å². The van der Waals surface area contributed by atoms with Crippen LogP contribution in [0.1, 0.15) is 51.0 Å². The minimum Gasteiger partial charge on any atom is -0.324 e. The molecule has 1 aromatic heterocycles. The number of aromatic nitrogens is 2. The second-order valence-corrected chi connectivity index (χ2v) is 6.21. The Morgan fingerprint density at radius 3 is 2.55 bits per heavy atom. The number of fused-ring (bicyclic) bond motifs is 1. The van der Waals surface area contributed by atoms with Crippen molar-refractivity contribution in [2.24, 2.45) is 5.92 Å². The lowest BCUT2D eigenvalue weighted by atomic mass is 10.0. The molecule has 4 heteroatoms. The van der Waals surface area contributed by atoms with Crippen LogP contribution in [-0.4, -0.2) is 9.55 Å². The second-order valence-electron chi connectivity index (χ2n) is 5.94. The van der Waals surface area contributed by atoms with Gasteiger partial charge in [-0.15, -0.1) is 11.6 Å². The molecular formula is C16H22ClFN2. The van der Waals surface area contributed by atoms with E-state index in [-0.39, 0.29) is 5.82 Å². The van der Waals surface area contributed by atoms with Gasteiger partial charge in [-0.25, -0.2) is 9.37 Å². The van der Waals surface area contributed by atoms with E-state index in [1.54, 1.807) is 6.92 Å². The Hall–Kier alpha value is -1.09. The van der Waals surface area contributed by atoms with E-state index >= 15 is 0 Å². The van der Waals surface area contributed by atoms with E-state index in [9.17, 15) is 4.39 Å². The first-order valence-electron chi connectivity index (χ1n) is 7.17. The van der Waals surface area contributed by atoms with Gasteiger partial charge in [-0.2, -0.15) is 0 Å². The number of imidazole rings is 1. The van der Waals surface area contributed by atoms with Crippen molar-refractivity contribution in [3.63, 3.8) is 0 Å². The summed E-state index contributed by atoms with van der Waals surface area (Å²) < 4.78 is 15.8. The fourth-order valence-corrected chi connectivity index (χ4v) is 2.75. The minimum absolute atomic E-state index is 0.210. The van der Waals surface area contributed by atoms with Crippen LogP contribution in [0.5, 0.6) is 0 Å². The molecule has 20 heavy (non-hydrogen) atoms. The molecule has 2 aromatic rings. The van der Waals surface area contributed by atoms with Gasteiger partial charge in [0.05, 0.1) is 16.9 Å². The molecule has 2 nitrogen and oxygen atoms in total. The molecule has 0 saturated carbocycles. The molecular weight excluding hydrogens is 275 g/mol. The Kier molecular flexibility index (Phi) is 4.69. The highest BCUT2D eigenvalue weighted by Crippen LogP contribution is 2.27. The first-order chi connectivity index (χ1) is 9.43. The summed E-state index contributed by atoms with van der Waals surface area (Å²) in [6, 6.07) is 3.70. The van der Waals surface area contributed by atoms with Crippen molar-refractivity contribution in [2.75, 3.05) is 0 Å². The summed E-state index contributed by atoms with van der Waals surface area (Å²) in [7, 11) is 0. The molecule has 0 saturated heterocycles. The normalized spacial score (nSPS) is 13.3. The summed E-state index contributed by atoms with van der Waals surface area (Å²) in [5, 5.41) is 0. The summed E-state index contributed by atoms with van der Waals surface area (Å²) >= 11 is 6.01. The molecule has 110 valence electrons. The maximum absolute atomic E-state index is 13.7. The van der Waals surface area contributed by atoms with Crippen LogP contribution in [0.3, 0.4) is 0 Å². The lowest BCUT2D eigenvalue weighted by molar-refractivity contribution is 0.440. The number of halogens is 2.